The van der Waals surface area contributed by atoms with Crippen LogP contribution in [0.1, 0.15) is 10.4 Å². The molecule has 20 heavy (non-hydrogen) atoms. The van der Waals surface area contributed by atoms with Crippen molar-refractivity contribution in [2.75, 3.05) is 7.11 Å². The predicted octanol–water partition coefficient (Wildman–Crippen LogP) is 3.74. The molecule has 112 valence electrons. The van der Waals surface area contributed by atoms with E-state index in [1.54, 1.807) is 31.4 Å². The number of hydrogen-bond donors (Lipinski definition) is 0. The maximum atomic E-state index is 12.3. The van der Waals surface area contributed by atoms with Crippen molar-refractivity contribution in [3.63, 3.8) is 0 Å². The first-order valence-corrected chi connectivity index (χ1v) is 13.6. The van der Waals surface area contributed by atoms with Crippen LogP contribution in [-0.2, 0) is 4.84 Å². The second-order valence-electron chi connectivity index (χ2n) is 6.74. The highest BCUT2D eigenvalue weighted by molar-refractivity contribution is 6.89. The standard InChI is InChI=1S/C14H25NO3Si2/c1-17-13-10-8-12(9-11-13)14(16)18-15(19(2,3)4)20(5,6)7/h8-11H,1-7H3. The molecule has 0 aliphatic rings. The van der Waals surface area contributed by atoms with E-state index >= 15 is 0 Å². The minimum Gasteiger partial charge on any atom is -0.497 e. The van der Waals surface area contributed by atoms with Crippen LogP contribution in [0.4, 0.5) is 0 Å². The van der Waals surface area contributed by atoms with Crippen molar-refractivity contribution in [3.8, 4) is 5.75 Å². The third-order valence-corrected chi connectivity index (χ3v) is 9.36. The van der Waals surface area contributed by atoms with E-state index in [1.165, 1.54) is 0 Å². The Morgan fingerprint density at radius 2 is 1.40 bits per heavy atom. The van der Waals surface area contributed by atoms with Crippen molar-refractivity contribution < 1.29 is 14.4 Å². The van der Waals surface area contributed by atoms with Crippen LogP contribution in [0, 0.1) is 0 Å². The zero-order chi connectivity index (χ0) is 15.6. The van der Waals surface area contributed by atoms with Gasteiger partial charge in [-0.2, -0.15) is 4.39 Å². The highest BCUT2D eigenvalue weighted by atomic mass is 28.4. The van der Waals surface area contributed by atoms with Gasteiger partial charge >= 0.3 is 5.97 Å². The summed E-state index contributed by atoms with van der Waals surface area (Å²) in [6, 6.07) is 7.00. The summed E-state index contributed by atoms with van der Waals surface area (Å²) in [5, 5.41) is 0. The average molecular weight is 312 g/mol. The summed E-state index contributed by atoms with van der Waals surface area (Å²) in [6.45, 7) is 13.1. The first-order chi connectivity index (χ1) is 9.05. The normalized spacial score (nSPS) is 12.4. The summed E-state index contributed by atoms with van der Waals surface area (Å²) < 4.78 is 7.10. The lowest BCUT2D eigenvalue weighted by molar-refractivity contribution is -0.0107. The van der Waals surface area contributed by atoms with E-state index in [0.717, 1.165) is 5.75 Å². The molecule has 1 rings (SSSR count). The SMILES string of the molecule is COc1ccc(C(=O)ON([Si](C)(C)C)[Si](C)(C)C)cc1. The molecule has 0 saturated carbocycles. The van der Waals surface area contributed by atoms with Gasteiger partial charge in [0.2, 0.25) is 0 Å². The second-order valence-corrected chi connectivity index (χ2v) is 16.7. The highest BCUT2D eigenvalue weighted by Gasteiger charge is 2.38. The van der Waals surface area contributed by atoms with Crippen molar-refractivity contribution in [1.82, 2.24) is 4.39 Å². The fraction of sp³-hybridized carbons (Fsp3) is 0.500. The van der Waals surface area contributed by atoms with Gasteiger partial charge in [0.05, 0.1) is 12.7 Å². The molecule has 0 radical (unpaired) electrons. The van der Waals surface area contributed by atoms with Crippen molar-refractivity contribution in [2.45, 2.75) is 39.3 Å². The van der Waals surface area contributed by atoms with Gasteiger partial charge in [-0.15, -0.1) is 0 Å². The van der Waals surface area contributed by atoms with Crippen LogP contribution < -0.4 is 4.74 Å². The van der Waals surface area contributed by atoms with E-state index in [0.29, 0.717) is 5.56 Å². The quantitative estimate of drug-likeness (QED) is 0.613. The Morgan fingerprint density at radius 3 is 1.75 bits per heavy atom. The summed E-state index contributed by atoms with van der Waals surface area (Å²) in [5.74, 6) is 0.436. The van der Waals surface area contributed by atoms with Gasteiger partial charge in [-0.25, -0.2) is 4.79 Å². The van der Waals surface area contributed by atoms with E-state index in [2.05, 4.69) is 39.3 Å². The zero-order valence-corrected chi connectivity index (χ0v) is 15.5. The molecule has 0 N–H and O–H groups in total. The Labute approximate surface area is 123 Å². The number of benzene rings is 1. The molecule has 0 aromatic heterocycles. The number of carbonyl (C=O) groups is 1. The van der Waals surface area contributed by atoms with E-state index in [-0.39, 0.29) is 5.97 Å². The minimum atomic E-state index is -1.71. The molecule has 4 nitrogen and oxygen atoms in total. The van der Waals surface area contributed by atoms with E-state index in [9.17, 15) is 4.79 Å². The van der Waals surface area contributed by atoms with Crippen LogP contribution >= 0.6 is 0 Å². The Bertz CT molecular complexity index is 447. The maximum absolute atomic E-state index is 12.3. The predicted molar refractivity (Wildman–Crippen MR) is 86.9 cm³/mol. The van der Waals surface area contributed by atoms with Crippen LogP contribution in [0.25, 0.3) is 0 Å². The van der Waals surface area contributed by atoms with Crippen molar-refractivity contribution >= 4 is 22.4 Å². The smallest absolute Gasteiger partial charge is 0.355 e. The largest absolute Gasteiger partial charge is 0.497 e. The van der Waals surface area contributed by atoms with Crippen molar-refractivity contribution in [3.05, 3.63) is 29.8 Å². The van der Waals surface area contributed by atoms with Gasteiger partial charge in [-0.1, -0.05) is 39.3 Å². The molecule has 1 aromatic rings. The molecule has 0 saturated heterocycles. The Hall–Kier alpha value is -1.12. The highest BCUT2D eigenvalue weighted by Crippen LogP contribution is 2.22. The third kappa shape index (κ3) is 4.47. The molecule has 0 aliphatic carbocycles. The molecule has 0 heterocycles. The van der Waals surface area contributed by atoms with Crippen LogP contribution in [0.5, 0.6) is 5.75 Å². The number of ether oxygens (including phenoxy) is 1. The molecule has 1 aromatic carbocycles. The Kier molecular flexibility index (Phi) is 5.17. The maximum Gasteiger partial charge on any atom is 0.355 e. The minimum absolute atomic E-state index is 0.294. The topological polar surface area (TPSA) is 38.8 Å². The van der Waals surface area contributed by atoms with Gasteiger partial charge in [0.15, 0.2) is 16.5 Å². The molecule has 0 bridgehead atoms. The molecule has 0 fully saturated rings. The average Bonchev–Trinajstić information content (AvgIpc) is 2.33. The Balaban J connectivity index is 2.91. The number of rotatable bonds is 5. The third-order valence-electron chi connectivity index (χ3n) is 2.72. The van der Waals surface area contributed by atoms with Crippen LogP contribution in [0.3, 0.4) is 0 Å². The molecular formula is C14H25NO3Si2. The van der Waals surface area contributed by atoms with Gasteiger partial charge in [0, 0.05) is 0 Å². The molecular weight excluding hydrogens is 286 g/mol. The second kappa shape index (κ2) is 6.11. The first-order valence-electron chi connectivity index (χ1n) is 6.72. The van der Waals surface area contributed by atoms with Gasteiger partial charge in [-0.3, -0.25) is 0 Å². The molecule has 0 spiro atoms. The first kappa shape index (κ1) is 16.9. The lowest BCUT2D eigenvalue weighted by Gasteiger charge is -2.40. The summed E-state index contributed by atoms with van der Waals surface area (Å²) in [6.07, 6.45) is 0. The van der Waals surface area contributed by atoms with Crippen molar-refractivity contribution in [2.24, 2.45) is 0 Å². The molecule has 0 amide bonds. The fourth-order valence-corrected chi connectivity index (χ4v) is 10.9. The zero-order valence-electron chi connectivity index (χ0n) is 13.5. The summed E-state index contributed by atoms with van der Waals surface area (Å²) in [7, 11) is -1.81. The summed E-state index contributed by atoms with van der Waals surface area (Å²) in [5.41, 5.74) is 0.548. The summed E-state index contributed by atoms with van der Waals surface area (Å²) in [4.78, 5) is 18.0. The number of methoxy groups -OCH3 is 1. The van der Waals surface area contributed by atoms with Gasteiger partial charge < -0.3 is 9.57 Å². The molecule has 0 unspecified atom stereocenters. The van der Waals surface area contributed by atoms with E-state index < -0.39 is 16.5 Å². The monoisotopic (exact) mass is 311 g/mol. The van der Waals surface area contributed by atoms with Crippen LogP contribution in [-0.4, -0.2) is 33.9 Å². The number of hydrogen-bond acceptors (Lipinski definition) is 4. The van der Waals surface area contributed by atoms with E-state index in [1.807, 2.05) is 4.39 Å². The van der Waals surface area contributed by atoms with Gasteiger partial charge in [-0.05, 0) is 24.3 Å². The van der Waals surface area contributed by atoms with E-state index in [4.69, 9.17) is 9.57 Å². The molecule has 0 atom stereocenters. The Morgan fingerprint density at radius 1 is 0.950 bits per heavy atom. The number of nitrogens with zero attached hydrogens (tertiary/aromatic N) is 1. The number of carbonyl (C=O) groups excluding carboxylic acids is 1. The van der Waals surface area contributed by atoms with Gasteiger partial charge in [0.1, 0.15) is 5.75 Å². The fourth-order valence-electron chi connectivity index (χ4n) is 2.14. The lowest BCUT2D eigenvalue weighted by Crippen LogP contribution is -2.59. The van der Waals surface area contributed by atoms with Crippen LogP contribution in [0.15, 0.2) is 24.3 Å². The molecule has 0 aliphatic heterocycles. The van der Waals surface area contributed by atoms with Crippen LogP contribution in [0.2, 0.25) is 39.3 Å². The lowest BCUT2D eigenvalue weighted by atomic mass is 10.2. The molecule has 6 heteroatoms. The summed E-state index contributed by atoms with van der Waals surface area (Å²) >= 11 is 0. The van der Waals surface area contributed by atoms with Gasteiger partial charge in [0.25, 0.3) is 0 Å². The van der Waals surface area contributed by atoms with Crippen molar-refractivity contribution in [1.29, 1.82) is 0 Å².